The molecule has 0 aromatic heterocycles. The van der Waals surface area contributed by atoms with E-state index in [2.05, 4.69) is 24.5 Å². The highest BCUT2D eigenvalue weighted by atomic mass is 16.3. The van der Waals surface area contributed by atoms with Crippen LogP contribution in [0.4, 0.5) is 4.79 Å². The Labute approximate surface area is 92.4 Å². The van der Waals surface area contributed by atoms with Gasteiger partial charge in [-0.2, -0.15) is 0 Å². The van der Waals surface area contributed by atoms with Crippen molar-refractivity contribution in [2.75, 3.05) is 19.7 Å². The molecule has 4 heteroatoms. The Morgan fingerprint density at radius 3 is 2.60 bits per heavy atom. The number of aliphatic hydroxyl groups is 1. The van der Waals surface area contributed by atoms with Gasteiger partial charge in [0.25, 0.3) is 0 Å². The first-order valence-corrected chi connectivity index (χ1v) is 5.87. The lowest BCUT2D eigenvalue weighted by Crippen LogP contribution is -2.38. The van der Waals surface area contributed by atoms with Crippen LogP contribution in [-0.2, 0) is 0 Å². The fraction of sp³-hybridized carbons (Fsp3) is 0.909. The second kappa shape index (κ2) is 9.77. The molecule has 0 saturated carbocycles. The standard InChI is InChI=1S/C11H24N2O2/c1-3-5-7-12-11(15)13-9-10(4-2)6-8-14/h10,14H,3-9H2,1-2H3,(H2,12,13,15). The highest BCUT2D eigenvalue weighted by Crippen LogP contribution is 2.05. The number of nitrogens with one attached hydrogen (secondary N) is 2. The Morgan fingerprint density at radius 2 is 2.07 bits per heavy atom. The Hall–Kier alpha value is -0.770. The smallest absolute Gasteiger partial charge is 0.314 e. The molecule has 1 unspecified atom stereocenters. The zero-order valence-electron chi connectivity index (χ0n) is 9.88. The number of aliphatic hydroxyl groups excluding tert-OH is 1. The molecular formula is C11H24N2O2. The van der Waals surface area contributed by atoms with E-state index < -0.39 is 0 Å². The van der Waals surface area contributed by atoms with Gasteiger partial charge in [-0.05, 0) is 18.8 Å². The number of urea groups is 1. The molecule has 0 aliphatic rings. The molecule has 0 aliphatic heterocycles. The zero-order chi connectivity index (χ0) is 11.5. The van der Waals surface area contributed by atoms with Crippen LogP contribution in [0.5, 0.6) is 0 Å². The van der Waals surface area contributed by atoms with Crippen molar-refractivity contribution in [3.05, 3.63) is 0 Å². The maximum absolute atomic E-state index is 11.3. The van der Waals surface area contributed by atoms with Crippen LogP contribution in [0.25, 0.3) is 0 Å². The molecule has 4 nitrogen and oxygen atoms in total. The predicted molar refractivity (Wildman–Crippen MR) is 61.8 cm³/mol. The topological polar surface area (TPSA) is 61.4 Å². The van der Waals surface area contributed by atoms with Crippen molar-refractivity contribution < 1.29 is 9.90 Å². The molecular weight excluding hydrogens is 192 g/mol. The fourth-order valence-electron chi connectivity index (χ4n) is 1.31. The first-order valence-electron chi connectivity index (χ1n) is 5.87. The SMILES string of the molecule is CCCCNC(=O)NCC(CC)CCO. The molecule has 0 rings (SSSR count). The maximum atomic E-state index is 11.3. The molecule has 0 radical (unpaired) electrons. The van der Waals surface area contributed by atoms with Crippen LogP contribution in [0.3, 0.4) is 0 Å². The highest BCUT2D eigenvalue weighted by molar-refractivity contribution is 5.73. The molecule has 0 saturated heterocycles. The van der Waals surface area contributed by atoms with Crippen molar-refractivity contribution in [3.63, 3.8) is 0 Å². The average molecular weight is 216 g/mol. The van der Waals surface area contributed by atoms with E-state index in [1.165, 1.54) is 0 Å². The Bertz CT molecular complexity index is 163. The van der Waals surface area contributed by atoms with Gasteiger partial charge in [-0.3, -0.25) is 0 Å². The number of carbonyl (C=O) groups is 1. The van der Waals surface area contributed by atoms with Gasteiger partial charge < -0.3 is 15.7 Å². The number of hydrogen-bond acceptors (Lipinski definition) is 2. The van der Waals surface area contributed by atoms with Gasteiger partial charge in [0.05, 0.1) is 0 Å². The normalized spacial score (nSPS) is 12.2. The third-order valence-corrected chi connectivity index (χ3v) is 2.48. The quantitative estimate of drug-likeness (QED) is 0.538. The van der Waals surface area contributed by atoms with Gasteiger partial charge in [0.2, 0.25) is 0 Å². The minimum absolute atomic E-state index is 0.0974. The molecule has 90 valence electrons. The van der Waals surface area contributed by atoms with Crippen molar-refractivity contribution in [1.29, 1.82) is 0 Å². The minimum Gasteiger partial charge on any atom is -0.396 e. The molecule has 0 heterocycles. The van der Waals surface area contributed by atoms with Gasteiger partial charge >= 0.3 is 6.03 Å². The van der Waals surface area contributed by atoms with E-state index in [4.69, 9.17) is 5.11 Å². The van der Waals surface area contributed by atoms with Crippen molar-refractivity contribution in [1.82, 2.24) is 10.6 Å². The molecule has 2 amide bonds. The van der Waals surface area contributed by atoms with E-state index in [-0.39, 0.29) is 12.6 Å². The summed E-state index contributed by atoms with van der Waals surface area (Å²) in [7, 11) is 0. The predicted octanol–water partition coefficient (Wildman–Crippen LogP) is 1.49. The number of hydrogen-bond donors (Lipinski definition) is 3. The van der Waals surface area contributed by atoms with Gasteiger partial charge in [-0.15, -0.1) is 0 Å². The lowest BCUT2D eigenvalue weighted by atomic mass is 10.0. The summed E-state index contributed by atoms with van der Waals surface area (Å²) >= 11 is 0. The number of rotatable bonds is 8. The molecule has 0 fully saturated rings. The van der Waals surface area contributed by atoms with E-state index >= 15 is 0 Å². The molecule has 0 spiro atoms. The Kier molecular flexibility index (Phi) is 9.27. The van der Waals surface area contributed by atoms with Crippen molar-refractivity contribution in [2.45, 2.75) is 39.5 Å². The summed E-state index contributed by atoms with van der Waals surface area (Å²) in [6.07, 6.45) is 3.84. The van der Waals surface area contributed by atoms with E-state index in [1.807, 2.05) is 0 Å². The van der Waals surface area contributed by atoms with Crippen LogP contribution in [0.15, 0.2) is 0 Å². The van der Waals surface area contributed by atoms with E-state index in [9.17, 15) is 4.79 Å². The second-order valence-electron chi connectivity index (χ2n) is 3.78. The second-order valence-corrected chi connectivity index (χ2v) is 3.78. The molecule has 15 heavy (non-hydrogen) atoms. The number of unbranched alkanes of at least 4 members (excludes halogenated alkanes) is 1. The summed E-state index contributed by atoms with van der Waals surface area (Å²) in [4.78, 5) is 11.3. The lowest BCUT2D eigenvalue weighted by molar-refractivity contribution is 0.230. The Morgan fingerprint density at radius 1 is 1.33 bits per heavy atom. The summed E-state index contributed by atoms with van der Waals surface area (Å²) in [5, 5.41) is 14.4. The maximum Gasteiger partial charge on any atom is 0.314 e. The van der Waals surface area contributed by atoms with E-state index in [0.29, 0.717) is 12.5 Å². The van der Waals surface area contributed by atoms with Crippen LogP contribution >= 0.6 is 0 Å². The average Bonchev–Trinajstić information content (AvgIpc) is 2.24. The largest absolute Gasteiger partial charge is 0.396 e. The molecule has 1 atom stereocenters. The minimum atomic E-state index is -0.0974. The number of amides is 2. The Balaban J connectivity index is 3.50. The van der Waals surface area contributed by atoms with Crippen LogP contribution in [0, 0.1) is 5.92 Å². The van der Waals surface area contributed by atoms with Crippen LogP contribution < -0.4 is 10.6 Å². The van der Waals surface area contributed by atoms with Gasteiger partial charge in [0.1, 0.15) is 0 Å². The summed E-state index contributed by atoms with van der Waals surface area (Å²) in [5.41, 5.74) is 0. The third kappa shape index (κ3) is 8.24. The summed E-state index contributed by atoms with van der Waals surface area (Å²) in [5.74, 6) is 0.381. The zero-order valence-corrected chi connectivity index (χ0v) is 9.88. The van der Waals surface area contributed by atoms with E-state index in [0.717, 1.165) is 32.2 Å². The van der Waals surface area contributed by atoms with Gasteiger partial charge in [0, 0.05) is 19.7 Å². The van der Waals surface area contributed by atoms with Crippen LogP contribution in [-0.4, -0.2) is 30.8 Å². The fourth-order valence-corrected chi connectivity index (χ4v) is 1.31. The monoisotopic (exact) mass is 216 g/mol. The molecule has 0 aliphatic carbocycles. The first-order chi connectivity index (χ1) is 7.24. The highest BCUT2D eigenvalue weighted by Gasteiger charge is 2.07. The van der Waals surface area contributed by atoms with Crippen molar-refractivity contribution in [2.24, 2.45) is 5.92 Å². The van der Waals surface area contributed by atoms with Crippen molar-refractivity contribution in [3.8, 4) is 0 Å². The van der Waals surface area contributed by atoms with Crippen LogP contribution in [0.2, 0.25) is 0 Å². The molecule has 3 N–H and O–H groups in total. The van der Waals surface area contributed by atoms with Gasteiger partial charge in [-0.25, -0.2) is 4.79 Å². The van der Waals surface area contributed by atoms with Crippen molar-refractivity contribution >= 4 is 6.03 Å². The molecule has 0 bridgehead atoms. The lowest BCUT2D eigenvalue weighted by Gasteiger charge is -2.14. The third-order valence-electron chi connectivity index (χ3n) is 2.48. The summed E-state index contributed by atoms with van der Waals surface area (Å²) in [6, 6.07) is -0.0974. The van der Waals surface area contributed by atoms with Gasteiger partial charge in [-0.1, -0.05) is 26.7 Å². The first kappa shape index (κ1) is 14.2. The molecule has 0 aromatic rings. The summed E-state index contributed by atoms with van der Waals surface area (Å²) in [6.45, 7) is 5.73. The van der Waals surface area contributed by atoms with Crippen LogP contribution in [0.1, 0.15) is 39.5 Å². The molecule has 0 aromatic carbocycles. The van der Waals surface area contributed by atoms with Gasteiger partial charge in [0.15, 0.2) is 0 Å². The number of carbonyl (C=O) groups excluding carboxylic acids is 1. The van der Waals surface area contributed by atoms with E-state index in [1.54, 1.807) is 0 Å². The summed E-state index contributed by atoms with van der Waals surface area (Å²) < 4.78 is 0.